The van der Waals surface area contributed by atoms with Crippen LogP contribution < -0.4 is 0 Å². The minimum absolute atomic E-state index is 0.0226. The lowest BCUT2D eigenvalue weighted by molar-refractivity contribution is -0.384. The number of hydrogen-bond acceptors (Lipinski definition) is 3. The highest BCUT2D eigenvalue weighted by molar-refractivity contribution is 6.34. The quantitative estimate of drug-likeness (QED) is 0.660. The SMILES string of the molecule is Cc1cc(O)c(C)c(-c2ccc([N+](=O)[O-])cc2)c1Cl. The molecule has 0 heterocycles. The van der Waals surface area contributed by atoms with Gasteiger partial charge in [-0.05, 0) is 43.2 Å². The number of non-ortho nitro benzene ring substituents is 1. The van der Waals surface area contributed by atoms with E-state index in [1.54, 1.807) is 32.0 Å². The highest BCUT2D eigenvalue weighted by Gasteiger charge is 2.14. The predicted molar refractivity (Wildman–Crippen MR) is 74.7 cm³/mol. The van der Waals surface area contributed by atoms with Gasteiger partial charge in [-0.2, -0.15) is 0 Å². The molecule has 0 aliphatic carbocycles. The van der Waals surface area contributed by atoms with Crippen molar-refractivity contribution in [3.8, 4) is 16.9 Å². The number of halogens is 1. The fourth-order valence-electron chi connectivity index (χ4n) is 1.96. The van der Waals surface area contributed by atoms with E-state index in [1.165, 1.54) is 12.1 Å². The molecular weight excluding hydrogens is 266 g/mol. The van der Waals surface area contributed by atoms with Crippen molar-refractivity contribution in [3.63, 3.8) is 0 Å². The van der Waals surface area contributed by atoms with Crippen molar-refractivity contribution in [2.75, 3.05) is 0 Å². The topological polar surface area (TPSA) is 63.4 Å². The maximum atomic E-state index is 10.6. The number of rotatable bonds is 2. The summed E-state index contributed by atoms with van der Waals surface area (Å²) in [6, 6.07) is 7.71. The van der Waals surface area contributed by atoms with Crippen molar-refractivity contribution >= 4 is 17.3 Å². The number of nitrogens with zero attached hydrogens (tertiary/aromatic N) is 1. The number of aromatic hydroxyl groups is 1. The Morgan fingerprint density at radius 1 is 1.21 bits per heavy atom. The van der Waals surface area contributed by atoms with Crippen LogP contribution in [0.15, 0.2) is 30.3 Å². The molecule has 0 bridgehead atoms. The molecule has 0 saturated carbocycles. The van der Waals surface area contributed by atoms with Gasteiger partial charge in [-0.15, -0.1) is 0 Å². The molecule has 5 heteroatoms. The van der Waals surface area contributed by atoms with E-state index in [9.17, 15) is 15.2 Å². The number of benzene rings is 2. The third-order valence-electron chi connectivity index (χ3n) is 3.04. The van der Waals surface area contributed by atoms with Gasteiger partial charge in [-0.1, -0.05) is 11.6 Å². The van der Waals surface area contributed by atoms with E-state index >= 15 is 0 Å². The molecule has 2 rings (SSSR count). The highest BCUT2D eigenvalue weighted by atomic mass is 35.5. The van der Waals surface area contributed by atoms with Crippen LogP contribution in [0.2, 0.25) is 5.02 Å². The van der Waals surface area contributed by atoms with Gasteiger partial charge in [0, 0.05) is 23.3 Å². The molecular formula is C14H12ClNO3. The first kappa shape index (κ1) is 13.4. The fraction of sp³-hybridized carbons (Fsp3) is 0.143. The lowest BCUT2D eigenvalue weighted by Crippen LogP contribution is -1.91. The Bertz CT molecular complexity index is 624. The average molecular weight is 278 g/mol. The third kappa shape index (κ3) is 2.39. The number of phenols is 1. The molecule has 98 valence electrons. The Morgan fingerprint density at radius 2 is 1.79 bits per heavy atom. The summed E-state index contributed by atoms with van der Waals surface area (Å²) in [5.74, 6) is 0.162. The molecule has 19 heavy (non-hydrogen) atoms. The van der Waals surface area contributed by atoms with Crippen molar-refractivity contribution in [2.24, 2.45) is 0 Å². The Balaban J connectivity index is 2.62. The number of hydrogen-bond donors (Lipinski definition) is 1. The van der Waals surface area contributed by atoms with Gasteiger partial charge >= 0.3 is 0 Å². The molecule has 0 radical (unpaired) electrons. The summed E-state index contributed by atoms with van der Waals surface area (Å²) in [6.07, 6.45) is 0. The van der Waals surface area contributed by atoms with Gasteiger partial charge in [-0.3, -0.25) is 10.1 Å². The van der Waals surface area contributed by atoms with E-state index in [-0.39, 0.29) is 11.4 Å². The predicted octanol–water partition coefficient (Wildman–Crippen LogP) is 4.24. The summed E-state index contributed by atoms with van der Waals surface area (Å²) >= 11 is 6.26. The molecule has 0 saturated heterocycles. The van der Waals surface area contributed by atoms with Crippen LogP contribution in [0, 0.1) is 24.0 Å². The Kier molecular flexibility index (Phi) is 3.44. The fourth-order valence-corrected chi connectivity index (χ4v) is 2.26. The lowest BCUT2D eigenvalue weighted by atomic mass is 9.97. The van der Waals surface area contributed by atoms with Gasteiger partial charge in [0.1, 0.15) is 5.75 Å². The zero-order chi connectivity index (χ0) is 14.2. The summed E-state index contributed by atoms with van der Waals surface area (Å²) in [7, 11) is 0. The van der Waals surface area contributed by atoms with Crippen LogP contribution in [0.25, 0.3) is 11.1 Å². The molecule has 0 fully saturated rings. The summed E-state index contributed by atoms with van der Waals surface area (Å²) in [6.45, 7) is 3.56. The average Bonchev–Trinajstić information content (AvgIpc) is 2.37. The summed E-state index contributed by atoms with van der Waals surface area (Å²) in [4.78, 5) is 10.2. The van der Waals surface area contributed by atoms with Crippen molar-refractivity contribution in [3.05, 3.63) is 56.6 Å². The molecule has 2 aromatic rings. The number of phenolic OH excluding ortho intramolecular Hbond substituents is 1. The second-order valence-corrected chi connectivity index (χ2v) is 4.71. The van der Waals surface area contributed by atoms with Crippen LogP contribution in [-0.2, 0) is 0 Å². The van der Waals surface area contributed by atoms with E-state index < -0.39 is 4.92 Å². The van der Waals surface area contributed by atoms with Gasteiger partial charge in [0.25, 0.3) is 5.69 Å². The van der Waals surface area contributed by atoms with Crippen LogP contribution in [0.3, 0.4) is 0 Å². The van der Waals surface area contributed by atoms with Gasteiger partial charge in [-0.25, -0.2) is 0 Å². The van der Waals surface area contributed by atoms with Crippen LogP contribution in [-0.4, -0.2) is 10.0 Å². The number of aryl methyl sites for hydroxylation is 1. The van der Waals surface area contributed by atoms with Crippen LogP contribution in [0.5, 0.6) is 5.75 Å². The molecule has 0 atom stereocenters. The van der Waals surface area contributed by atoms with E-state index in [0.29, 0.717) is 16.1 Å². The first-order valence-corrected chi connectivity index (χ1v) is 6.03. The first-order valence-electron chi connectivity index (χ1n) is 5.65. The highest BCUT2D eigenvalue weighted by Crippen LogP contribution is 2.38. The van der Waals surface area contributed by atoms with E-state index in [1.807, 2.05) is 0 Å². The number of nitro groups is 1. The van der Waals surface area contributed by atoms with Crippen molar-refractivity contribution in [1.29, 1.82) is 0 Å². The van der Waals surface area contributed by atoms with Crippen LogP contribution >= 0.6 is 11.6 Å². The minimum atomic E-state index is -0.452. The minimum Gasteiger partial charge on any atom is -0.508 e. The largest absolute Gasteiger partial charge is 0.508 e. The second kappa shape index (κ2) is 4.90. The first-order chi connectivity index (χ1) is 8.91. The molecule has 0 unspecified atom stereocenters. The van der Waals surface area contributed by atoms with Gasteiger partial charge in [0.05, 0.1) is 9.95 Å². The summed E-state index contributed by atoms with van der Waals surface area (Å²) in [5.41, 5.74) is 2.89. The molecule has 0 aliphatic heterocycles. The van der Waals surface area contributed by atoms with Crippen LogP contribution in [0.4, 0.5) is 5.69 Å². The maximum absolute atomic E-state index is 10.6. The zero-order valence-electron chi connectivity index (χ0n) is 10.5. The lowest BCUT2D eigenvalue weighted by Gasteiger charge is -2.12. The normalized spacial score (nSPS) is 10.5. The van der Waals surface area contributed by atoms with Crippen LogP contribution in [0.1, 0.15) is 11.1 Å². The third-order valence-corrected chi connectivity index (χ3v) is 3.53. The number of nitro benzene ring substituents is 1. The zero-order valence-corrected chi connectivity index (χ0v) is 11.2. The molecule has 1 N–H and O–H groups in total. The van der Waals surface area contributed by atoms with Crippen molar-refractivity contribution < 1.29 is 10.0 Å². The van der Waals surface area contributed by atoms with Gasteiger partial charge in [0.15, 0.2) is 0 Å². The standard InChI is InChI=1S/C14H12ClNO3/c1-8-7-12(17)9(2)13(14(8)15)10-3-5-11(6-4-10)16(18)19/h3-7,17H,1-2H3. The van der Waals surface area contributed by atoms with Gasteiger partial charge in [0.2, 0.25) is 0 Å². The van der Waals surface area contributed by atoms with E-state index in [4.69, 9.17) is 11.6 Å². The molecule has 0 aliphatic rings. The Labute approximate surface area is 115 Å². The van der Waals surface area contributed by atoms with Crippen molar-refractivity contribution in [1.82, 2.24) is 0 Å². The van der Waals surface area contributed by atoms with Gasteiger partial charge < -0.3 is 5.11 Å². The summed E-state index contributed by atoms with van der Waals surface area (Å²) < 4.78 is 0. The van der Waals surface area contributed by atoms with E-state index in [0.717, 1.165) is 11.1 Å². The smallest absolute Gasteiger partial charge is 0.269 e. The van der Waals surface area contributed by atoms with E-state index in [2.05, 4.69) is 0 Å². The molecule has 4 nitrogen and oxygen atoms in total. The molecule has 2 aromatic carbocycles. The second-order valence-electron chi connectivity index (χ2n) is 4.33. The Hall–Kier alpha value is -2.07. The summed E-state index contributed by atoms with van der Waals surface area (Å²) in [5, 5.41) is 21.0. The molecule has 0 amide bonds. The maximum Gasteiger partial charge on any atom is 0.269 e. The monoisotopic (exact) mass is 277 g/mol. The molecule has 0 spiro atoms. The Morgan fingerprint density at radius 3 is 2.32 bits per heavy atom. The van der Waals surface area contributed by atoms with Crippen molar-refractivity contribution in [2.45, 2.75) is 13.8 Å². The molecule has 0 aromatic heterocycles.